The number of nitrogen functional groups attached to an aromatic ring is 1. The van der Waals surface area contributed by atoms with Crippen LogP contribution in [0.5, 0.6) is 0 Å². The molecule has 1 fully saturated rings. The van der Waals surface area contributed by atoms with E-state index < -0.39 is 0 Å². The molecule has 0 radical (unpaired) electrons. The molecule has 1 aliphatic heterocycles. The molecular weight excluding hydrogens is 383 g/mol. The van der Waals surface area contributed by atoms with Gasteiger partial charge in [0.1, 0.15) is 11.6 Å². The van der Waals surface area contributed by atoms with Crippen molar-refractivity contribution in [3.05, 3.63) is 66.0 Å². The third-order valence-electron chi connectivity index (χ3n) is 5.23. The van der Waals surface area contributed by atoms with E-state index in [1.165, 1.54) is 6.07 Å². The minimum atomic E-state index is -0.361. The second-order valence-electron chi connectivity index (χ2n) is 7.18. The summed E-state index contributed by atoms with van der Waals surface area (Å²) in [6, 6.07) is 16.5. The Hall–Kier alpha value is -3.52. The molecule has 5 rings (SSSR count). The predicted octanol–water partition coefficient (Wildman–Crippen LogP) is 3.10. The largest absolute Gasteiger partial charge is 0.383 e. The van der Waals surface area contributed by atoms with Crippen molar-refractivity contribution in [2.45, 2.75) is 6.54 Å². The van der Waals surface area contributed by atoms with Crippen molar-refractivity contribution >= 4 is 22.8 Å². The van der Waals surface area contributed by atoms with Crippen molar-refractivity contribution in [3.63, 3.8) is 0 Å². The minimum absolute atomic E-state index is 0.361. The van der Waals surface area contributed by atoms with Gasteiger partial charge in [0.15, 0.2) is 5.65 Å². The number of morpholine rings is 1. The van der Waals surface area contributed by atoms with E-state index in [0.717, 1.165) is 5.56 Å². The van der Waals surface area contributed by atoms with Crippen LogP contribution in [-0.2, 0) is 11.3 Å². The number of hydrogen-bond donors (Lipinski definition) is 1. The fourth-order valence-electron chi connectivity index (χ4n) is 3.67. The van der Waals surface area contributed by atoms with E-state index in [0.29, 0.717) is 66.9 Å². The van der Waals surface area contributed by atoms with Crippen molar-refractivity contribution in [2.24, 2.45) is 0 Å². The molecule has 30 heavy (non-hydrogen) atoms. The van der Waals surface area contributed by atoms with Crippen LogP contribution in [0, 0.1) is 5.82 Å². The molecule has 0 amide bonds. The molecular formula is C22H21FN6O. The zero-order valence-electron chi connectivity index (χ0n) is 16.3. The molecule has 2 aromatic heterocycles. The van der Waals surface area contributed by atoms with Gasteiger partial charge in [-0.15, -0.1) is 5.10 Å². The van der Waals surface area contributed by atoms with Crippen molar-refractivity contribution in [1.29, 1.82) is 0 Å². The molecule has 7 nitrogen and oxygen atoms in total. The topological polar surface area (TPSA) is 82.1 Å². The number of halogens is 1. The highest BCUT2D eigenvalue weighted by molar-refractivity contribution is 5.99. The van der Waals surface area contributed by atoms with E-state index >= 15 is 0 Å². The highest BCUT2D eigenvalue weighted by Gasteiger charge is 2.23. The third-order valence-corrected chi connectivity index (χ3v) is 5.23. The lowest BCUT2D eigenvalue weighted by Gasteiger charge is -2.27. The maximum atomic E-state index is 14.7. The van der Waals surface area contributed by atoms with Gasteiger partial charge in [0, 0.05) is 18.7 Å². The molecule has 8 heteroatoms. The normalized spacial score (nSPS) is 14.4. The van der Waals surface area contributed by atoms with Crippen LogP contribution in [0.4, 0.5) is 16.2 Å². The van der Waals surface area contributed by atoms with Gasteiger partial charge in [-0.25, -0.2) is 14.1 Å². The molecule has 3 heterocycles. The maximum Gasteiger partial charge on any atom is 0.228 e. The van der Waals surface area contributed by atoms with Gasteiger partial charge in [-0.3, -0.25) is 0 Å². The van der Waals surface area contributed by atoms with Crippen LogP contribution in [0.1, 0.15) is 5.56 Å². The first-order valence-corrected chi connectivity index (χ1v) is 9.86. The number of hydrogen-bond acceptors (Lipinski definition) is 6. The Morgan fingerprint density at radius 2 is 1.70 bits per heavy atom. The standard InChI is InChI=1S/C22H21FN6O/c23-17-9-5-4-8-16(17)19-18-20(24)29(14-15-6-2-1-3-7-15)27-21(18)26-22(25-19)28-10-12-30-13-11-28/h1-9H,10-14,24H2. The second kappa shape index (κ2) is 7.72. The van der Waals surface area contributed by atoms with E-state index in [9.17, 15) is 4.39 Å². The van der Waals surface area contributed by atoms with Crippen molar-refractivity contribution < 1.29 is 9.13 Å². The Balaban J connectivity index is 1.69. The van der Waals surface area contributed by atoms with Crippen LogP contribution in [-0.4, -0.2) is 46.1 Å². The molecule has 0 unspecified atom stereocenters. The summed E-state index contributed by atoms with van der Waals surface area (Å²) in [5.41, 5.74) is 8.82. The summed E-state index contributed by atoms with van der Waals surface area (Å²) in [6.45, 7) is 3.03. The number of benzene rings is 2. The van der Waals surface area contributed by atoms with Crippen LogP contribution in [0.2, 0.25) is 0 Å². The first kappa shape index (κ1) is 18.5. The van der Waals surface area contributed by atoms with Gasteiger partial charge in [0.2, 0.25) is 5.95 Å². The zero-order chi connectivity index (χ0) is 20.5. The van der Waals surface area contributed by atoms with Gasteiger partial charge in [-0.2, -0.15) is 4.98 Å². The number of fused-ring (bicyclic) bond motifs is 1. The average molecular weight is 404 g/mol. The summed E-state index contributed by atoms with van der Waals surface area (Å²) in [7, 11) is 0. The first-order valence-electron chi connectivity index (χ1n) is 9.86. The van der Waals surface area contributed by atoms with Crippen LogP contribution in [0.25, 0.3) is 22.3 Å². The zero-order valence-corrected chi connectivity index (χ0v) is 16.3. The Morgan fingerprint density at radius 1 is 0.967 bits per heavy atom. The van der Waals surface area contributed by atoms with Gasteiger partial charge < -0.3 is 15.4 Å². The highest BCUT2D eigenvalue weighted by atomic mass is 19.1. The molecule has 152 valence electrons. The molecule has 1 saturated heterocycles. The molecule has 0 atom stereocenters. The number of nitrogens with two attached hydrogens (primary N) is 1. The number of nitrogens with zero attached hydrogens (tertiary/aromatic N) is 5. The molecule has 2 N–H and O–H groups in total. The van der Waals surface area contributed by atoms with Gasteiger partial charge >= 0.3 is 0 Å². The SMILES string of the molecule is Nc1c2c(-c3ccccc3F)nc(N3CCOCC3)nc2nn1Cc1ccccc1. The first-order chi connectivity index (χ1) is 14.7. The van der Waals surface area contributed by atoms with Gasteiger partial charge in [-0.1, -0.05) is 42.5 Å². The Labute approximate surface area is 172 Å². The summed E-state index contributed by atoms with van der Waals surface area (Å²) in [5.74, 6) is 0.565. The van der Waals surface area contributed by atoms with Gasteiger partial charge in [0.05, 0.1) is 30.8 Å². The lowest BCUT2D eigenvalue weighted by molar-refractivity contribution is 0.122. The van der Waals surface area contributed by atoms with Gasteiger partial charge in [0.25, 0.3) is 0 Å². The van der Waals surface area contributed by atoms with E-state index in [1.807, 2.05) is 35.2 Å². The van der Waals surface area contributed by atoms with Crippen LogP contribution in [0.15, 0.2) is 54.6 Å². The molecule has 0 spiro atoms. The second-order valence-corrected chi connectivity index (χ2v) is 7.18. The Morgan fingerprint density at radius 3 is 2.47 bits per heavy atom. The van der Waals surface area contributed by atoms with Gasteiger partial charge in [-0.05, 0) is 17.7 Å². The van der Waals surface area contributed by atoms with Crippen molar-refractivity contribution in [1.82, 2.24) is 19.7 Å². The fourth-order valence-corrected chi connectivity index (χ4v) is 3.67. The lowest BCUT2D eigenvalue weighted by atomic mass is 10.1. The minimum Gasteiger partial charge on any atom is -0.383 e. The van der Waals surface area contributed by atoms with Crippen molar-refractivity contribution in [3.8, 4) is 11.3 Å². The summed E-state index contributed by atoms with van der Waals surface area (Å²) < 4.78 is 21.8. The summed E-state index contributed by atoms with van der Waals surface area (Å²) in [4.78, 5) is 11.4. The lowest BCUT2D eigenvalue weighted by Crippen LogP contribution is -2.37. The van der Waals surface area contributed by atoms with Crippen molar-refractivity contribution in [2.75, 3.05) is 36.9 Å². The maximum absolute atomic E-state index is 14.7. The fraction of sp³-hybridized carbons (Fsp3) is 0.227. The molecule has 0 bridgehead atoms. The smallest absolute Gasteiger partial charge is 0.228 e. The summed E-state index contributed by atoms with van der Waals surface area (Å²) >= 11 is 0. The Kier molecular flexibility index (Phi) is 4.76. The van der Waals surface area contributed by atoms with E-state index in [2.05, 4.69) is 10.1 Å². The van der Waals surface area contributed by atoms with Crippen LogP contribution in [0.3, 0.4) is 0 Å². The number of ether oxygens (including phenoxy) is 1. The van der Waals surface area contributed by atoms with Crippen LogP contribution >= 0.6 is 0 Å². The van der Waals surface area contributed by atoms with E-state index in [1.54, 1.807) is 22.9 Å². The molecule has 1 aliphatic rings. The van der Waals surface area contributed by atoms with Crippen LogP contribution < -0.4 is 10.6 Å². The summed E-state index contributed by atoms with van der Waals surface area (Å²) in [5, 5.41) is 5.20. The molecule has 4 aromatic rings. The number of rotatable bonds is 4. The molecule has 0 saturated carbocycles. The Bertz CT molecular complexity index is 1190. The third kappa shape index (κ3) is 3.35. The average Bonchev–Trinajstić information content (AvgIpc) is 3.10. The molecule has 2 aromatic carbocycles. The summed E-state index contributed by atoms with van der Waals surface area (Å²) in [6.07, 6.45) is 0. The monoisotopic (exact) mass is 404 g/mol. The predicted molar refractivity (Wildman–Crippen MR) is 114 cm³/mol. The van der Waals surface area contributed by atoms with E-state index in [-0.39, 0.29) is 5.82 Å². The van der Waals surface area contributed by atoms with E-state index in [4.69, 9.17) is 15.5 Å². The highest BCUT2D eigenvalue weighted by Crippen LogP contribution is 2.33. The number of aromatic nitrogens is 4. The number of anilines is 2. The quantitative estimate of drug-likeness (QED) is 0.563. The molecule has 0 aliphatic carbocycles.